The van der Waals surface area contributed by atoms with Crippen LogP contribution in [0.5, 0.6) is 0 Å². The van der Waals surface area contributed by atoms with Crippen LogP contribution in [0.15, 0.2) is 28.7 Å². The van der Waals surface area contributed by atoms with Crippen LogP contribution in [0.25, 0.3) is 0 Å². The Morgan fingerprint density at radius 3 is 2.62 bits per heavy atom. The summed E-state index contributed by atoms with van der Waals surface area (Å²) in [6.07, 6.45) is 0.609. The first-order valence-electron chi connectivity index (χ1n) is 4.14. The van der Waals surface area contributed by atoms with Gasteiger partial charge in [-0.25, -0.2) is 0 Å². The average molecular weight is 243 g/mol. The Kier molecular flexibility index (Phi) is 3.48. The van der Waals surface area contributed by atoms with E-state index in [0.717, 1.165) is 10.0 Å². The molecule has 0 unspecified atom stereocenters. The van der Waals surface area contributed by atoms with Gasteiger partial charge in [0.15, 0.2) is 0 Å². The number of carboxylic acids is 1. The molecule has 0 aliphatic rings. The standard InChI is InChI=1S/C10H11BrO2/c1-2-7(10(12)13)8-5-3-4-6-9(8)11/h3-7H,2H2,1H3,(H,12,13)/t7-/m1/s1. The van der Waals surface area contributed by atoms with Crippen LogP contribution in [0, 0.1) is 0 Å². The highest BCUT2D eigenvalue weighted by Gasteiger charge is 2.19. The fraction of sp³-hybridized carbons (Fsp3) is 0.300. The quantitative estimate of drug-likeness (QED) is 0.885. The maximum atomic E-state index is 10.9. The van der Waals surface area contributed by atoms with Gasteiger partial charge in [0.25, 0.3) is 0 Å². The smallest absolute Gasteiger partial charge is 0.311 e. The van der Waals surface area contributed by atoms with Gasteiger partial charge in [0.2, 0.25) is 0 Å². The lowest BCUT2D eigenvalue weighted by Gasteiger charge is -2.11. The largest absolute Gasteiger partial charge is 0.481 e. The Morgan fingerprint density at radius 1 is 1.54 bits per heavy atom. The van der Waals surface area contributed by atoms with Gasteiger partial charge in [-0.3, -0.25) is 4.79 Å². The van der Waals surface area contributed by atoms with E-state index in [1.165, 1.54) is 0 Å². The summed E-state index contributed by atoms with van der Waals surface area (Å²) in [5.74, 6) is -1.18. The number of halogens is 1. The predicted octanol–water partition coefficient (Wildman–Crippen LogP) is 3.03. The van der Waals surface area contributed by atoms with Crippen molar-refractivity contribution in [3.05, 3.63) is 34.3 Å². The second-order valence-electron chi connectivity index (χ2n) is 2.82. The van der Waals surface area contributed by atoms with E-state index in [4.69, 9.17) is 5.11 Å². The molecule has 0 aliphatic heterocycles. The Hall–Kier alpha value is -0.830. The minimum absolute atomic E-state index is 0.407. The van der Waals surface area contributed by atoms with Crippen molar-refractivity contribution in [2.24, 2.45) is 0 Å². The highest BCUT2D eigenvalue weighted by Crippen LogP contribution is 2.27. The zero-order valence-electron chi connectivity index (χ0n) is 7.33. The van der Waals surface area contributed by atoms with Crippen molar-refractivity contribution in [1.29, 1.82) is 0 Å². The molecule has 0 saturated carbocycles. The van der Waals surface area contributed by atoms with E-state index < -0.39 is 11.9 Å². The Bertz CT molecular complexity index is 310. The molecule has 0 aliphatic carbocycles. The number of hydrogen-bond acceptors (Lipinski definition) is 1. The molecule has 0 fully saturated rings. The fourth-order valence-corrected chi connectivity index (χ4v) is 1.85. The lowest BCUT2D eigenvalue weighted by molar-refractivity contribution is -0.138. The third kappa shape index (κ3) is 2.31. The van der Waals surface area contributed by atoms with Crippen LogP contribution in [-0.2, 0) is 4.79 Å². The number of rotatable bonds is 3. The average Bonchev–Trinajstić information content (AvgIpc) is 2.09. The van der Waals surface area contributed by atoms with Crippen LogP contribution in [0.3, 0.4) is 0 Å². The number of carbonyl (C=O) groups is 1. The van der Waals surface area contributed by atoms with E-state index in [1.54, 1.807) is 0 Å². The molecule has 70 valence electrons. The number of hydrogen-bond donors (Lipinski definition) is 1. The molecule has 0 saturated heterocycles. The maximum absolute atomic E-state index is 10.9. The van der Waals surface area contributed by atoms with Crippen molar-refractivity contribution in [3.63, 3.8) is 0 Å². The van der Waals surface area contributed by atoms with Crippen LogP contribution in [0.2, 0.25) is 0 Å². The molecule has 1 aromatic rings. The SMILES string of the molecule is CC[C@@H](C(=O)O)c1ccccc1Br. The number of carboxylic acid groups (broad SMARTS) is 1. The number of benzene rings is 1. The molecule has 13 heavy (non-hydrogen) atoms. The van der Waals surface area contributed by atoms with Gasteiger partial charge in [-0.1, -0.05) is 41.1 Å². The maximum Gasteiger partial charge on any atom is 0.311 e. The molecule has 0 spiro atoms. The second-order valence-corrected chi connectivity index (χ2v) is 3.67. The second kappa shape index (κ2) is 4.42. The molecular weight excluding hydrogens is 232 g/mol. The van der Waals surface area contributed by atoms with Gasteiger partial charge in [-0.05, 0) is 18.1 Å². The third-order valence-corrected chi connectivity index (χ3v) is 2.71. The first-order valence-corrected chi connectivity index (χ1v) is 4.93. The van der Waals surface area contributed by atoms with Gasteiger partial charge in [0.05, 0.1) is 5.92 Å². The van der Waals surface area contributed by atoms with Crippen molar-refractivity contribution >= 4 is 21.9 Å². The minimum Gasteiger partial charge on any atom is -0.481 e. The lowest BCUT2D eigenvalue weighted by atomic mass is 9.97. The van der Waals surface area contributed by atoms with Crippen LogP contribution < -0.4 is 0 Å². The van der Waals surface area contributed by atoms with Crippen LogP contribution in [0.1, 0.15) is 24.8 Å². The highest BCUT2D eigenvalue weighted by molar-refractivity contribution is 9.10. The minimum atomic E-state index is -0.769. The molecule has 1 aromatic carbocycles. The summed E-state index contributed by atoms with van der Waals surface area (Å²) in [5.41, 5.74) is 0.845. The normalized spacial score (nSPS) is 12.5. The van der Waals surface area contributed by atoms with Crippen LogP contribution >= 0.6 is 15.9 Å². The third-order valence-electron chi connectivity index (χ3n) is 1.99. The van der Waals surface area contributed by atoms with E-state index >= 15 is 0 Å². The molecule has 0 bridgehead atoms. The molecule has 3 heteroatoms. The van der Waals surface area contributed by atoms with Crippen molar-refractivity contribution in [3.8, 4) is 0 Å². The molecular formula is C10H11BrO2. The Balaban J connectivity index is 3.04. The molecule has 1 atom stereocenters. The summed E-state index contributed by atoms with van der Waals surface area (Å²) in [5, 5.41) is 8.93. The first-order chi connectivity index (χ1) is 6.16. The topological polar surface area (TPSA) is 37.3 Å². The lowest BCUT2D eigenvalue weighted by Crippen LogP contribution is -2.10. The number of aliphatic carboxylic acids is 1. The summed E-state index contributed by atoms with van der Waals surface area (Å²) in [6, 6.07) is 7.43. The molecule has 0 amide bonds. The monoisotopic (exact) mass is 242 g/mol. The molecule has 0 radical (unpaired) electrons. The van der Waals surface area contributed by atoms with Gasteiger partial charge in [0.1, 0.15) is 0 Å². The molecule has 1 rings (SSSR count). The summed E-state index contributed by atoms with van der Waals surface area (Å²) in [4.78, 5) is 10.9. The fourth-order valence-electron chi connectivity index (χ4n) is 1.29. The van der Waals surface area contributed by atoms with Gasteiger partial charge >= 0.3 is 5.97 Å². The first kappa shape index (κ1) is 10.3. The summed E-state index contributed by atoms with van der Waals surface area (Å²) in [6.45, 7) is 1.87. The van der Waals surface area contributed by atoms with Crippen molar-refractivity contribution < 1.29 is 9.90 Å². The van der Waals surface area contributed by atoms with Crippen molar-refractivity contribution in [1.82, 2.24) is 0 Å². The van der Waals surface area contributed by atoms with Gasteiger partial charge in [0, 0.05) is 4.47 Å². The van der Waals surface area contributed by atoms with Crippen LogP contribution in [-0.4, -0.2) is 11.1 Å². The molecule has 0 heterocycles. The zero-order valence-corrected chi connectivity index (χ0v) is 8.91. The van der Waals surface area contributed by atoms with E-state index in [9.17, 15) is 4.79 Å². The van der Waals surface area contributed by atoms with E-state index in [0.29, 0.717) is 6.42 Å². The summed E-state index contributed by atoms with van der Waals surface area (Å²) < 4.78 is 0.865. The van der Waals surface area contributed by atoms with Gasteiger partial charge in [-0.15, -0.1) is 0 Å². The Morgan fingerprint density at radius 2 is 2.15 bits per heavy atom. The summed E-state index contributed by atoms with van der Waals surface area (Å²) in [7, 11) is 0. The van der Waals surface area contributed by atoms with Crippen molar-refractivity contribution in [2.75, 3.05) is 0 Å². The zero-order chi connectivity index (χ0) is 9.84. The Labute approximate surface area is 85.7 Å². The van der Waals surface area contributed by atoms with E-state index in [1.807, 2.05) is 31.2 Å². The molecule has 0 aromatic heterocycles. The van der Waals surface area contributed by atoms with Gasteiger partial charge < -0.3 is 5.11 Å². The predicted molar refractivity (Wildman–Crippen MR) is 54.8 cm³/mol. The van der Waals surface area contributed by atoms with E-state index in [2.05, 4.69) is 15.9 Å². The highest BCUT2D eigenvalue weighted by atomic mass is 79.9. The molecule has 2 nitrogen and oxygen atoms in total. The van der Waals surface area contributed by atoms with Crippen molar-refractivity contribution in [2.45, 2.75) is 19.3 Å². The van der Waals surface area contributed by atoms with E-state index in [-0.39, 0.29) is 0 Å². The molecule has 1 N–H and O–H groups in total. The summed E-state index contributed by atoms with van der Waals surface area (Å²) >= 11 is 3.34. The van der Waals surface area contributed by atoms with Crippen LogP contribution in [0.4, 0.5) is 0 Å². The van der Waals surface area contributed by atoms with Gasteiger partial charge in [-0.2, -0.15) is 0 Å².